The number of hydrogen-bond acceptors (Lipinski definition) is 4. The fraction of sp³-hybridized carbons (Fsp3) is 0.714. The molecule has 0 aromatic rings. The first-order valence-electron chi connectivity index (χ1n) is 9.69. The number of allylic oxidation sites excluding steroid dienone is 4. The lowest BCUT2D eigenvalue weighted by molar-refractivity contribution is -0.202. The topological polar surface area (TPSA) is 74.6 Å². The highest BCUT2D eigenvalue weighted by Gasteiger charge is 2.72. The minimum Gasteiger partial charge on any atom is -0.390 e. The molecule has 0 amide bonds. The number of rotatable bonds is 2. The van der Waals surface area contributed by atoms with E-state index in [2.05, 4.69) is 0 Å². The van der Waals surface area contributed by atoms with Crippen LogP contribution in [0.3, 0.4) is 0 Å². The van der Waals surface area contributed by atoms with Crippen LogP contribution < -0.4 is 0 Å². The molecule has 0 aromatic carbocycles. The number of hydrogen-bond donors (Lipinski definition) is 2. The summed E-state index contributed by atoms with van der Waals surface area (Å²) in [6.07, 6.45) is 2.09. The highest BCUT2D eigenvalue weighted by atomic mass is 19.1. The molecule has 4 aliphatic carbocycles. The molecule has 0 radical (unpaired) electrons. The van der Waals surface area contributed by atoms with Gasteiger partial charge < -0.3 is 10.2 Å². The van der Waals surface area contributed by atoms with Crippen LogP contribution in [0.1, 0.15) is 39.5 Å². The zero-order chi connectivity index (χ0) is 19.8. The first-order chi connectivity index (χ1) is 12.6. The summed E-state index contributed by atoms with van der Waals surface area (Å²) in [5.74, 6) is -2.11. The van der Waals surface area contributed by atoms with Gasteiger partial charge in [0.15, 0.2) is 17.2 Å². The summed E-state index contributed by atoms with van der Waals surface area (Å²) in [5.41, 5.74) is -4.04. The van der Waals surface area contributed by atoms with Crippen LogP contribution in [0.5, 0.6) is 0 Å². The predicted molar refractivity (Wildman–Crippen MR) is 94.2 cm³/mol. The quantitative estimate of drug-likeness (QED) is 0.772. The highest BCUT2D eigenvalue weighted by Crippen LogP contribution is 2.69. The molecule has 3 fully saturated rings. The Balaban J connectivity index is 1.81. The van der Waals surface area contributed by atoms with E-state index in [9.17, 15) is 19.8 Å². The van der Waals surface area contributed by atoms with Gasteiger partial charge in [0.2, 0.25) is 0 Å². The lowest BCUT2D eigenvalue weighted by Gasteiger charge is -2.62. The number of aliphatic hydroxyl groups excluding tert-OH is 2. The third kappa shape index (κ3) is 2.20. The van der Waals surface area contributed by atoms with Crippen molar-refractivity contribution in [3.63, 3.8) is 0 Å². The summed E-state index contributed by atoms with van der Waals surface area (Å²) in [4.78, 5) is 24.0. The van der Waals surface area contributed by atoms with Crippen LogP contribution in [0.15, 0.2) is 23.8 Å². The predicted octanol–water partition coefficient (Wildman–Crippen LogP) is 2.48. The van der Waals surface area contributed by atoms with Gasteiger partial charge in [-0.1, -0.05) is 13.0 Å². The van der Waals surface area contributed by atoms with Crippen LogP contribution >= 0.6 is 0 Å². The van der Waals surface area contributed by atoms with Gasteiger partial charge in [-0.3, -0.25) is 9.59 Å². The van der Waals surface area contributed by atoms with Crippen LogP contribution in [0.2, 0.25) is 0 Å². The molecule has 27 heavy (non-hydrogen) atoms. The Morgan fingerprint density at radius 2 is 2.00 bits per heavy atom. The number of carbonyl (C=O) groups is 2. The number of aliphatic hydroxyl groups is 2. The van der Waals surface area contributed by atoms with Crippen molar-refractivity contribution in [3.05, 3.63) is 23.8 Å². The zero-order valence-corrected chi connectivity index (χ0v) is 15.6. The molecule has 4 nitrogen and oxygen atoms in total. The third-order valence-corrected chi connectivity index (χ3v) is 8.17. The molecule has 0 aliphatic heterocycles. The summed E-state index contributed by atoms with van der Waals surface area (Å²) >= 11 is 0. The number of Topliss-reactive ketones (excluding diaryl/α,β-unsaturated/α-hetero) is 1. The van der Waals surface area contributed by atoms with Crippen molar-refractivity contribution in [2.75, 3.05) is 6.61 Å². The third-order valence-electron chi connectivity index (χ3n) is 8.17. The van der Waals surface area contributed by atoms with E-state index in [1.165, 1.54) is 18.2 Å². The summed E-state index contributed by atoms with van der Waals surface area (Å²) in [6, 6.07) is 0. The van der Waals surface area contributed by atoms with E-state index >= 15 is 8.78 Å². The maximum absolute atomic E-state index is 16.7. The Kier molecular flexibility index (Phi) is 4.07. The van der Waals surface area contributed by atoms with Crippen LogP contribution in [0.25, 0.3) is 0 Å². The van der Waals surface area contributed by atoms with Gasteiger partial charge in [0, 0.05) is 17.3 Å². The fourth-order valence-corrected chi connectivity index (χ4v) is 6.84. The average molecular weight is 380 g/mol. The van der Waals surface area contributed by atoms with E-state index in [4.69, 9.17) is 0 Å². The molecule has 0 aromatic heterocycles. The largest absolute Gasteiger partial charge is 0.390 e. The van der Waals surface area contributed by atoms with Gasteiger partial charge in [-0.15, -0.1) is 0 Å². The summed E-state index contributed by atoms with van der Waals surface area (Å²) in [7, 11) is 0. The summed E-state index contributed by atoms with van der Waals surface area (Å²) in [5, 5.41) is 20.3. The molecule has 148 valence electrons. The second-order valence-corrected chi connectivity index (χ2v) is 9.20. The Hall–Kier alpha value is -1.40. The molecule has 4 aliphatic rings. The van der Waals surface area contributed by atoms with Gasteiger partial charge in [-0.2, -0.15) is 0 Å². The normalized spacial score (nSPS) is 51.3. The Morgan fingerprint density at radius 1 is 1.30 bits per heavy atom. The second kappa shape index (κ2) is 5.80. The molecule has 4 rings (SSSR count). The SMILES string of the molecule is C[C@]12C=CC(=O)C=C1[C@@H](F)C[C@H]1[C@@H]3CCC(C(=O)CO)[C@@]3(C)C[C@H](O)[C@@]12F. The molecule has 6 heteroatoms. The smallest absolute Gasteiger partial charge is 0.178 e. The first kappa shape index (κ1) is 18.9. The molecule has 0 saturated heterocycles. The molecule has 0 bridgehead atoms. The minimum atomic E-state index is -2.10. The van der Waals surface area contributed by atoms with Gasteiger partial charge in [-0.25, -0.2) is 8.78 Å². The van der Waals surface area contributed by atoms with Gasteiger partial charge in [0.05, 0.1) is 6.10 Å². The fourth-order valence-electron chi connectivity index (χ4n) is 6.84. The molecular formula is C21H26F2O4. The lowest BCUT2D eigenvalue weighted by Crippen LogP contribution is -2.68. The lowest BCUT2D eigenvalue weighted by atomic mass is 9.45. The van der Waals surface area contributed by atoms with E-state index in [0.29, 0.717) is 12.8 Å². The second-order valence-electron chi connectivity index (χ2n) is 9.20. The van der Waals surface area contributed by atoms with Crippen molar-refractivity contribution in [1.82, 2.24) is 0 Å². The van der Waals surface area contributed by atoms with E-state index in [1.54, 1.807) is 6.92 Å². The zero-order valence-electron chi connectivity index (χ0n) is 15.6. The maximum atomic E-state index is 16.7. The number of ketones is 2. The molecular weight excluding hydrogens is 354 g/mol. The van der Waals surface area contributed by atoms with Crippen LogP contribution in [-0.4, -0.2) is 46.3 Å². The highest BCUT2D eigenvalue weighted by molar-refractivity contribution is 6.01. The van der Waals surface area contributed by atoms with Crippen molar-refractivity contribution < 1.29 is 28.6 Å². The van der Waals surface area contributed by atoms with Crippen molar-refractivity contribution in [2.45, 2.75) is 57.5 Å². The van der Waals surface area contributed by atoms with Crippen LogP contribution in [-0.2, 0) is 9.59 Å². The maximum Gasteiger partial charge on any atom is 0.178 e. The molecule has 0 spiro atoms. The van der Waals surface area contributed by atoms with Crippen molar-refractivity contribution in [1.29, 1.82) is 0 Å². The monoisotopic (exact) mass is 380 g/mol. The number of fused-ring (bicyclic) bond motifs is 5. The number of halogens is 2. The summed E-state index contributed by atoms with van der Waals surface area (Å²) < 4.78 is 31.8. The number of alkyl halides is 2. The molecule has 1 unspecified atom stereocenters. The van der Waals surface area contributed by atoms with Crippen molar-refractivity contribution in [2.24, 2.45) is 28.6 Å². The van der Waals surface area contributed by atoms with Crippen molar-refractivity contribution >= 4 is 11.6 Å². The Morgan fingerprint density at radius 3 is 2.67 bits per heavy atom. The van der Waals surface area contributed by atoms with Gasteiger partial charge in [0.1, 0.15) is 12.8 Å². The Bertz CT molecular complexity index is 761. The standard InChI is InChI=1S/C21H26F2O4/c1-19-9-18(27)21(23)14(12(19)3-4-13(19)17(26)10-24)8-16(22)15-7-11(25)5-6-20(15,21)2/h5-7,12-14,16,18,24,27H,3-4,8-10H2,1-2H3/t12-,13?,14-,16-,18-,19-,20-,21-/m0/s1. The van der Waals surface area contributed by atoms with Crippen LogP contribution in [0, 0.1) is 28.6 Å². The molecule has 8 atom stereocenters. The van der Waals surface area contributed by atoms with E-state index < -0.39 is 47.2 Å². The van der Waals surface area contributed by atoms with Crippen LogP contribution in [0.4, 0.5) is 8.78 Å². The minimum absolute atomic E-state index is 0.0860. The van der Waals surface area contributed by atoms with E-state index in [0.717, 1.165) is 0 Å². The average Bonchev–Trinajstić information content (AvgIpc) is 2.95. The molecule has 0 heterocycles. The van der Waals surface area contributed by atoms with Gasteiger partial charge in [0.25, 0.3) is 0 Å². The van der Waals surface area contributed by atoms with Crippen molar-refractivity contribution in [3.8, 4) is 0 Å². The van der Waals surface area contributed by atoms with E-state index in [-0.39, 0.29) is 35.9 Å². The Labute approximate surface area is 157 Å². The van der Waals surface area contributed by atoms with Gasteiger partial charge in [-0.05, 0) is 61.7 Å². The van der Waals surface area contributed by atoms with E-state index in [1.807, 2.05) is 6.92 Å². The first-order valence-corrected chi connectivity index (χ1v) is 9.69. The number of carbonyl (C=O) groups excluding carboxylic acids is 2. The molecule has 3 saturated carbocycles. The van der Waals surface area contributed by atoms with Gasteiger partial charge >= 0.3 is 0 Å². The summed E-state index contributed by atoms with van der Waals surface area (Å²) in [6.45, 7) is 2.86. The molecule has 2 N–H and O–H groups in total.